The normalized spacial score (nSPS) is 16.5. The van der Waals surface area contributed by atoms with Gasteiger partial charge >= 0.3 is 0 Å². The third-order valence-corrected chi connectivity index (χ3v) is 5.52. The summed E-state index contributed by atoms with van der Waals surface area (Å²) < 4.78 is 18.6. The number of rotatable bonds is 6. The number of aryl methyl sites for hydroxylation is 1. The Morgan fingerprint density at radius 3 is 2.84 bits per heavy atom. The van der Waals surface area contributed by atoms with Crippen molar-refractivity contribution in [3.8, 4) is 5.75 Å². The summed E-state index contributed by atoms with van der Waals surface area (Å²) in [6.45, 7) is 3.30. The highest BCUT2D eigenvalue weighted by atomic mass is 19.1. The maximum absolute atomic E-state index is 13.2. The SMILES string of the molecule is COc1ccccc1NC(=O)c1cc(C)nc(C2CCCCN2Cc2ccc(F)cn2)n1. The van der Waals surface area contributed by atoms with Crippen LogP contribution < -0.4 is 10.1 Å². The second-order valence-corrected chi connectivity index (χ2v) is 7.86. The van der Waals surface area contributed by atoms with Crippen molar-refractivity contribution < 1.29 is 13.9 Å². The quantitative estimate of drug-likeness (QED) is 0.622. The van der Waals surface area contributed by atoms with Crippen LogP contribution in [0.3, 0.4) is 0 Å². The molecule has 1 fully saturated rings. The number of nitrogens with zero attached hydrogens (tertiary/aromatic N) is 4. The van der Waals surface area contributed by atoms with E-state index in [2.05, 4.69) is 25.2 Å². The molecule has 0 spiro atoms. The molecule has 0 radical (unpaired) electrons. The summed E-state index contributed by atoms with van der Waals surface area (Å²) in [7, 11) is 1.56. The minimum absolute atomic E-state index is 0.0340. The Labute approximate surface area is 186 Å². The highest BCUT2D eigenvalue weighted by Gasteiger charge is 2.28. The summed E-state index contributed by atoms with van der Waals surface area (Å²) in [5.41, 5.74) is 2.41. The number of hydrogen-bond donors (Lipinski definition) is 1. The van der Waals surface area contributed by atoms with E-state index < -0.39 is 0 Å². The Morgan fingerprint density at radius 2 is 2.06 bits per heavy atom. The van der Waals surface area contributed by atoms with E-state index >= 15 is 0 Å². The molecule has 32 heavy (non-hydrogen) atoms. The molecule has 1 aliphatic heterocycles. The van der Waals surface area contributed by atoms with Gasteiger partial charge in [-0.3, -0.25) is 14.7 Å². The minimum Gasteiger partial charge on any atom is -0.495 e. The van der Waals surface area contributed by atoms with Crippen LogP contribution in [0.2, 0.25) is 0 Å². The lowest BCUT2D eigenvalue weighted by molar-refractivity contribution is 0.101. The zero-order valence-corrected chi connectivity index (χ0v) is 18.2. The van der Waals surface area contributed by atoms with Crippen LogP contribution in [0.1, 0.15) is 53.0 Å². The molecule has 0 saturated carbocycles. The first-order valence-electron chi connectivity index (χ1n) is 10.7. The standard InChI is InChI=1S/C24H26FN5O2/c1-16-13-20(24(31)29-19-7-3-4-9-22(19)32-2)28-23(27-16)21-8-5-6-12-30(21)15-18-11-10-17(25)14-26-18/h3-4,7,9-11,13-14,21H,5-6,8,12,15H2,1-2H3,(H,29,31). The van der Waals surface area contributed by atoms with Gasteiger partial charge in [0.2, 0.25) is 0 Å². The number of ether oxygens (including phenoxy) is 1. The van der Waals surface area contributed by atoms with Gasteiger partial charge in [0, 0.05) is 12.2 Å². The summed E-state index contributed by atoms with van der Waals surface area (Å²) in [6.07, 6.45) is 4.23. The summed E-state index contributed by atoms with van der Waals surface area (Å²) in [4.78, 5) is 28.7. The van der Waals surface area contributed by atoms with Gasteiger partial charge in [0.25, 0.3) is 5.91 Å². The van der Waals surface area contributed by atoms with Crippen LogP contribution in [0.5, 0.6) is 5.75 Å². The van der Waals surface area contributed by atoms with Crippen LogP contribution in [0.25, 0.3) is 0 Å². The largest absolute Gasteiger partial charge is 0.495 e. The van der Waals surface area contributed by atoms with Gasteiger partial charge in [-0.25, -0.2) is 14.4 Å². The number of aromatic nitrogens is 3. The van der Waals surface area contributed by atoms with E-state index in [1.165, 1.54) is 12.3 Å². The number of amides is 1. The number of likely N-dealkylation sites (tertiary alicyclic amines) is 1. The number of halogens is 1. The van der Waals surface area contributed by atoms with Gasteiger partial charge in [0.15, 0.2) is 0 Å². The van der Waals surface area contributed by atoms with Crippen LogP contribution >= 0.6 is 0 Å². The van der Waals surface area contributed by atoms with E-state index in [0.29, 0.717) is 29.5 Å². The Balaban J connectivity index is 1.57. The maximum atomic E-state index is 13.2. The van der Waals surface area contributed by atoms with Crippen molar-refractivity contribution in [2.45, 2.75) is 38.8 Å². The first-order chi connectivity index (χ1) is 15.5. The second kappa shape index (κ2) is 9.82. The molecule has 7 nitrogen and oxygen atoms in total. The van der Waals surface area contributed by atoms with Gasteiger partial charge in [0.1, 0.15) is 23.1 Å². The van der Waals surface area contributed by atoms with Crippen LogP contribution in [-0.4, -0.2) is 39.4 Å². The van der Waals surface area contributed by atoms with E-state index in [4.69, 9.17) is 4.74 Å². The highest BCUT2D eigenvalue weighted by Crippen LogP contribution is 2.30. The van der Waals surface area contributed by atoms with Gasteiger partial charge in [-0.1, -0.05) is 18.6 Å². The summed E-state index contributed by atoms with van der Waals surface area (Å²) >= 11 is 0. The van der Waals surface area contributed by atoms with E-state index in [0.717, 1.165) is 37.2 Å². The number of nitrogens with one attached hydrogen (secondary N) is 1. The predicted molar refractivity (Wildman–Crippen MR) is 119 cm³/mol. The monoisotopic (exact) mass is 435 g/mol. The lowest BCUT2D eigenvalue weighted by Gasteiger charge is -2.34. The molecule has 1 amide bonds. The average molecular weight is 436 g/mol. The number of methoxy groups -OCH3 is 1. The van der Waals surface area contributed by atoms with Crippen LogP contribution in [0.4, 0.5) is 10.1 Å². The molecule has 0 aliphatic carbocycles. The molecule has 1 unspecified atom stereocenters. The Morgan fingerprint density at radius 1 is 1.22 bits per heavy atom. The molecule has 8 heteroatoms. The lowest BCUT2D eigenvalue weighted by atomic mass is 10.0. The molecule has 1 aliphatic rings. The molecule has 0 bridgehead atoms. The number of pyridine rings is 1. The minimum atomic E-state index is -0.350. The van der Waals surface area contributed by atoms with Gasteiger partial charge in [0.05, 0.1) is 30.7 Å². The van der Waals surface area contributed by atoms with Crippen molar-refractivity contribution in [3.05, 3.63) is 77.4 Å². The number of para-hydroxylation sites is 2. The van der Waals surface area contributed by atoms with Gasteiger partial charge in [-0.2, -0.15) is 0 Å². The molecule has 2 aromatic heterocycles. The number of anilines is 1. The highest BCUT2D eigenvalue weighted by molar-refractivity contribution is 6.03. The number of carbonyl (C=O) groups excluding carboxylic acids is 1. The second-order valence-electron chi connectivity index (χ2n) is 7.86. The van der Waals surface area contributed by atoms with Gasteiger partial charge in [-0.05, 0) is 56.6 Å². The van der Waals surface area contributed by atoms with Crippen LogP contribution in [0.15, 0.2) is 48.7 Å². The van der Waals surface area contributed by atoms with E-state index in [1.807, 2.05) is 19.1 Å². The lowest BCUT2D eigenvalue weighted by Crippen LogP contribution is -2.34. The van der Waals surface area contributed by atoms with Gasteiger partial charge in [-0.15, -0.1) is 0 Å². The predicted octanol–water partition coefficient (Wildman–Crippen LogP) is 4.31. The molecule has 3 aromatic rings. The van der Waals surface area contributed by atoms with Crippen molar-refractivity contribution in [2.24, 2.45) is 0 Å². The molecule has 1 N–H and O–H groups in total. The number of benzene rings is 1. The van der Waals surface area contributed by atoms with Crippen LogP contribution in [0, 0.1) is 12.7 Å². The Bertz CT molecular complexity index is 1090. The molecular formula is C24H26FN5O2. The molecule has 3 heterocycles. The third kappa shape index (κ3) is 5.08. The third-order valence-electron chi connectivity index (χ3n) is 5.52. The van der Waals surface area contributed by atoms with Crippen molar-refractivity contribution in [1.29, 1.82) is 0 Å². The summed E-state index contributed by atoms with van der Waals surface area (Å²) in [5, 5.41) is 2.88. The number of carbonyl (C=O) groups is 1. The zero-order valence-electron chi connectivity index (χ0n) is 18.2. The van der Waals surface area contributed by atoms with Gasteiger partial charge < -0.3 is 10.1 Å². The van der Waals surface area contributed by atoms with Crippen LogP contribution in [-0.2, 0) is 6.54 Å². The molecule has 4 rings (SSSR count). The van der Waals surface area contributed by atoms with Crippen molar-refractivity contribution in [3.63, 3.8) is 0 Å². The summed E-state index contributed by atoms with van der Waals surface area (Å²) in [6, 6.07) is 12.0. The average Bonchev–Trinajstić information content (AvgIpc) is 2.81. The molecule has 166 valence electrons. The molecular weight excluding hydrogens is 409 g/mol. The smallest absolute Gasteiger partial charge is 0.274 e. The topological polar surface area (TPSA) is 80.2 Å². The number of piperidine rings is 1. The Hall–Kier alpha value is -3.39. The molecule has 1 atom stereocenters. The fourth-order valence-corrected chi connectivity index (χ4v) is 3.97. The van der Waals surface area contributed by atoms with Crippen molar-refractivity contribution >= 4 is 11.6 Å². The Kier molecular flexibility index (Phi) is 6.70. The zero-order chi connectivity index (χ0) is 22.5. The molecule has 1 aromatic carbocycles. The summed E-state index contributed by atoms with van der Waals surface area (Å²) in [5.74, 6) is 0.537. The first kappa shape index (κ1) is 21.8. The number of hydrogen-bond acceptors (Lipinski definition) is 6. The van der Waals surface area contributed by atoms with E-state index in [9.17, 15) is 9.18 Å². The fourth-order valence-electron chi connectivity index (χ4n) is 3.97. The van der Waals surface area contributed by atoms with Crippen molar-refractivity contribution in [2.75, 3.05) is 19.0 Å². The molecule has 1 saturated heterocycles. The van der Waals surface area contributed by atoms with Crippen molar-refractivity contribution in [1.82, 2.24) is 19.9 Å². The first-order valence-corrected chi connectivity index (χ1v) is 10.7. The van der Waals surface area contributed by atoms with E-state index in [-0.39, 0.29) is 17.8 Å². The fraction of sp³-hybridized carbons (Fsp3) is 0.333. The maximum Gasteiger partial charge on any atom is 0.274 e. The van der Waals surface area contributed by atoms with E-state index in [1.54, 1.807) is 31.4 Å².